The number of fused-ring (bicyclic) bond motifs is 1. The van der Waals surface area contributed by atoms with E-state index in [2.05, 4.69) is 49.4 Å². The molecule has 1 N–H and O–H groups in total. The van der Waals surface area contributed by atoms with E-state index in [4.69, 9.17) is 0 Å². The van der Waals surface area contributed by atoms with Gasteiger partial charge in [0.2, 0.25) is 0 Å². The average Bonchev–Trinajstić information content (AvgIpc) is 3.57. The first kappa shape index (κ1) is 18.3. The molecule has 0 amide bonds. The maximum atomic E-state index is 13.6. The van der Waals surface area contributed by atoms with E-state index in [0.29, 0.717) is 17.7 Å². The van der Waals surface area contributed by atoms with Crippen LogP contribution in [0.3, 0.4) is 0 Å². The lowest BCUT2D eigenvalue weighted by Crippen LogP contribution is -2.47. The van der Waals surface area contributed by atoms with Gasteiger partial charge in [0, 0.05) is 50.3 Å². The highest BCUT2D eigenvalue weighted by Gasteiger charge is 2.26. The molecule has 3 aromatic rings. The van der Waals surface area contributed by atoms with E-state index in [0.717, 1.165) is 37.6 Å². The molecule has 1 aliphatic heterocycles. The molecule has 2 fully saturated rings. The Bertz CT molecular complexity index is 978. The number of rotatable bonds is 6. The third kappa shape index (κ3) is 4.32. The standard InChI is InChI=1S/C23H26FN5/c24-19-5-8-22-21(13-19)23(27-16-26-22)25-14-17-3-6-20(7-4-17)29-11-9-28(10-12-29)15-18-1-2-18/h3-8,13,16,18H,1-2,9-12,14-15H2,(H,25,26,27). The lowest BCUT2D eigenvalue weighted by Gasteiger charge is -2.36. The number of benzene rings is 2. The highest BCUT2D eigenvalue weighted by molar-refractivity contribution is 5.88. The fourth-order valence-electron chi connectivity index (χ4n) is 4.03. The molecule has 6 heteroatoms. The van der Waals surface area contributed by atoms with Crippen molar-refractivity contribution >= 4 is 22.4 Å². The number of hydrogen-bond donors (Lipinski definition) is 1. The Balaban J connectivity index is 1.20. The maximum absolute atomic E-state index is 13.6. The zero-order valence-corrected chi connectivity index (χ0v) is 16.5. The Morgan fingerprint density at radius 2 is 1.76 bits per heavy atom. The zero-order valence-electron chi connectivity index (χ0n) is 16.5. The minimum atomic E-state index is -0.281. The van der Waals surface area contributed by atoms with E-state index in [-0.39, 0.29) is 5.82 Å². The van der Waals surface area contributed by atoms with Crippen molar-refractivity contribution < 1.29 is 4.39 Å². The number of aromatic nitrogens is 2. The molecule has 2 heterocycles. The third-order valence-electron chi connectivity index (χ3n) is 5.94. The van der Waals surface area contributed by atoms with E-state index in [1.54, 1.807) is 6.07 Å². The van der Waals surface area contributed by atoms with Gasteiger partial charge in [0.25, 0.3) is 0 Å². The SMILES string of the molecule is Fc1ccc2ncnc(NCc3ccc(N4CCN(CC5CC5)CC4)cc3)c2c1. The van der Waals surface area contributed by atoms with Crippen LogP contribution in [0.5, 0.6) is 0 Å². The van der Waals surface area contributed by atoms with Crippen molar-refractivity contribution in [3.63, 3.8) is 0 Å². The summed E-state index contributed by atoms with van der Waals surface area (Å²) in [6.07, 6.45) is 4.36. The maximum Gasteiger partial charge on any atom is 0.137 e. The van der Waals surface area contributed by atoms with Crippen LogP contribution in [-0.2, 0) is 6.54 Å². The summed E-state index contributed by atoms with van der Waals surface area (Å²) in [7, 11) is 0. The molecule has 1 aliphatic carbocycles. The van der Waals surface area contributed by atoms with E-state index >= 15 is 0 Å². The lowest BCUT2D eigenvalue weighted by molar-refractivity contribution is 0.248. The van der Waals surface area contributed by atoms with E-state index < -0.39 is 0 Å². The van der Waals surface area contributed by atoms with Crippen LogP contribution in [0.1, 0.15) is 18.4 Å². The summed E-state index contributed by atoms with van der Waals surface area (Å²) >= 11 is 0. The van der Waals surface area contributed by atoms with Crippen LogP contribution in [0, 0.1) is 11.7 Å². The molecule has 1 aromatic heterocycles. The number of anilines is 2. The van der Waals surface area contributed by atoms with Gasteiger partial charge >= 0.3 is 0 Å². The molecular weight excluding hydrogens is 365 g/mol. The Hall–Kier alpha value is -2.73. The first-order valence-electron chi connectivity index (χ1n) is 10.4. The van der Waals surface area contributed by atoms with Crippen LogP contribution in [0.15, 0.2) is 48.8 Å². The predicted octanol–water partition coefficient (Wildman–Crippen LogP) is 3.91. The smallest absolute Gasteiger partial charge is 0.137 e. The van der Waals surface area contributed by atoms with Gasteiger partial charge < -0.3 is 10.2 Å². The molecule has 2 aromatic carbocycles. The molecule has 150 valence electrons. The fourth-order valence-corrected chi connectivity index (χ4v) is 4.03. The molecule has 0 atom stereocenters. The van der Waals surface area contributed by atoms with Gasteiger partial charge in [-0.3, -0.25) is 4.90 Å². The number of hydrogen-bond acceptors (Lipinski definition) is 5. The van der Waals surface area contributed by atoms with Crippen LogP contribution < -0.4 is 10.2 Å². The molecule has 1 saturated carbocycles. The molecule has 5 nitrogen and oxygen atoms in total. The van der Waals surface area contributed by atoms with E-state index in [1.165, 1.54) is 49.1 Å². The van der Waals surface area contributed by atoms with Gasteiger partial charge in [-0.15, -0.1) is 0 Å². The third-order valence-corrected chi connectivity index (χ3v) is 5.94. The normalized spacial score (nSPS) is 17.6. The second-order valence-corrected chi connectivity index (χ2v) is 8.13. The Kier molecular flexibility index (Phi) is 5.02. The Labute approximate surface area is 170 Å². The fraction of sp³-hybridized carbons (Fsp3) is 0.391. The van der Waals surface area contributed by atoms with E-state index in [1.807, 2.05) is 0 Å². The van der Waals surface area contributed by atoms with Gasteiger partial charge in [0.05, 0.1) is 5.52 Å². The molecule has 2 aliphatic rings. The summed E-state index contributed by atoms with van der Waals surface area (Å²) in [4.78, 5) is 13.6. The molecule has 5 rings (SSSR count). The molecule has 0 spiro atoms. The lowest BCUT2D eigenvalue weighted by atomic mass is 10.1. The number of nitrogens with one attached hydrogen (secondary N) is 1. The van der Waals surface area contributed by atoms with Crippen molar-refractivity contribution in [3.8, 4) is 0 Å². The highest BCUT2D eigenvalue weighted by atomic mass is 19.1. The van der Waals surface area contributed by atoms with Crippen LogP contribution in [0.2, 0.25) is 0 Å². The minimum Gasteiger partial charge on any atom is -0.369 e. The number of nitrogens with zero attached hydrogens (tertiary/aromatic N) is 4. The Morgan fingerprint density at radius 1 is 0.966 bits per heavy atom. The topological polar surface area (TPSA) is 44.3 Å². The molecule has 0 unspecified atom stereocenters. The van der Waals surface area contributed by atoms with Gasteiger partial charge in [-0.05, 0) is 54.7 Å². The van der Waals surface area contributed by atoms with Crippen LogP contribution >= 0.6 is 0 Å². The zero-order chi connectivity index (χ0) is 19.6. The summed E-state index contributed by atoms with van der Waals surface area (Å²) < 4.78 is 13.6. The predicted molar refractivity (Wildman–Crippen MR) is 115 cm³/mol. The van der Waals surface area contributed by atoms with Gasteiger partial charge in [-0.2, -0.15) is 0 Å². The Morgan fingerprint density at radius 3 is 2.52 bits per heavy atom. The van der Waals surface area contributed by atoms with Crippen LogP contribution in [0.4, 0.5) is 15.9 Å². The van der Waals surface area contributed by atoms with Crippen molar-refractivity contribution in [1.82, 2.24) is 14.9 Å². The van der Waals surface area contributed by atoms with Crippen molar-refractivity contribution in [2.24, 2.45) is 5.92 Å². The largest absolute Gasteiger partial charge is 0.369 e. The summed E-state index contributed by atoms with van der Waals surface area (Å²) in [6, 6.07) is 13.3. The molecule has 29 heavy (non-hydrogen) atoms. The summed E-state index contributed by atoms with van der Waals surface area (Å²) in [5.41, 5.74) is 3.19. The summed E-state index contributed by atoms with van der Waals surface area (Å²) in [5.74, 6) is 1.35. The van der Waals surface area contributed by atoms with Gasteiger partial charge in [0.15, 0.2) is 0 Å². The van der Waals surface area contributed by atoms with Gasteiger partial charge in [-0.25, -0.2) is 14.4 Å². The monoisotopic (exact) mass is 391 g/mol. The average molecular weight is 391 g/mol. The van der Waals surface area contributed by atoms with Crippen molar-refractivity contribution in [2.75, 3.05) is 42.9 Å². The van der Waals surface area contributed by atoms with Crippen LogP contribution in [-0.4, -0.2) is 47.6 Å². The molecule has 0 radical (unpaired) electrons. The first-order valence-corrected chi connectivity index (χ1v) is 10.4. The highest BCUT2D eigenvalue weighted by Crippen LogP contribution is 2.30. The van der Waals surface area contributed by atoms with Crippen molar-refractivity contribution in [3.05, 3.63) is 60.2 Å². The van der Waals surface area contributed by atoms with Crippen molar-refractivity contribution in [1.29, 1.82) is 0 Å². The van der Waals surface area contributed by atoms with Gasteiger partial charge in [0.1, 0.15) is 18.0 Å². The summed E-state index contributed by atoms with van der Waals surface area (Å²) in [5, 5.41) is 4.02. The van der Waals surface area contributed by atoms with Crippen LogP contribution in [0.25, 0.3) is 10.9 Å². The quantitative estimate of drug-likeness (QED) is 0.690. The number of halogens is 1. The molecular formula is C23H26FN5. The minimum absolute atomic E-state index is 0.281. The number of piperazine rings is 1. The second kappa shape index (κ2) is 7.95. The second-order valence-electron chi connectivity index (χ2n) is 8.13. The molecule has 0 bridgehead atoms. The van der Waals surface area contributed by atoms with Gasteiger partial charge in [-0.1, -0.05) is 12.1 Å². The summed E-state index contributed by atoms with van der Waals surface area (Å²) in [6.45, 7) is 6.46. The van der Waals surface area contributed by atoms with E-state index in [9.17, 15) is 4.39 Å². The first-order chi connectivity index (χ1) is 14.2. The van der Waals surface area contributed by atoms with Crippen molar-refractivity contribution in [2.45, 2.75) is 19.4 Å². The molecule has 1 saturated heterocycles.